The molecule has 6 heteroatoms. The van der Waals surface area contributed by atoms with Gasteiger partial charge in [-0.3, -0.25) is 0 Å². The van der Waals surface area contributed by atoms with Crippen LogP contribution in [-0.4, -0.2) is 41.2 Å². The number of nitrogens with zero attached hydrogens (tertiary/aromatic N) is 2. The Morgan fingerprint density at radius 1 is 1.06 bits per heavy atom. The monoisotopic (exact) mass is 452 g/mol. The smallest absolute Gasteiger partial charge is 0.147 e. The van der Waals surface area contributed by atoms with Crippen LogP contribution in [0.5, 0.6) is 11.5 Å². The van der Waals surface area contributed by atoms with Gasteiger partial charge in [0.2, 0.25) is 0 Å². The van der Waals surface area contributed by atoms with Gasteiger partial charge in [-0.1, -0.05) is 67.9 Å². The summed E-state index contributed by atoms with van der Waals surface area (Å²) in [6.07, 6.45) is 0. The van der Waals surface area contributed by atoms with E-state index < -0.39 is 5.60 Å². The SMILES string of the molecule is CCN(CC)CCOc1ccc(C2(c3ccccc3)OCc3c(O)c(C)nc(Cl)c32)cc1. The summed E-state index contributed by atoms with van der Waals surface area (Å²) in [7, 11) is 0. The molecule has 1 atom stereocenters. The Hall–Kier alpha value is -2.60. The molecule has 168 valence electrons. The van der Waals surface area contributed by atoms with Crippen molar-refractivity contribution in [3.05, 3.63) is 87.7 Å². The Morgan fingerprint density at radius 2 is 1.72 bits per heavy atom. The summed E-state index contributed by atoms with van der Waals surface area (Å²) in [5, 5.41) is 11.0. The van der Waals surface area contributed by atoms with Crippen molar-refractivity contribution < 1.29 is 14.6 Å². The second kappa shape index (κ2) is 9.49. The van der Waals surface area contributed by atoms with Gasteiger partial charge in [-0.05, 0) is 43.3 Å². The first-order chi connectivity index (χ1) is 15.5. The van der Waals surface area contributed by atoms with E-state index in [1.165, 1.54) is 0 Å². The maximum Gasteiger partial charge on any atom is 0.147 e. The van der Waals surface area contributed by atoms with Crippen molar-refractivity contribution in [1.82, 2.24) is 9.88 Å². The number of aryl methyl sites for hydroxylation is 1. The molecule has 1 N–H and O–H groups in total. The van der Waals surface area contributed by atoms with Gasteiger partial charge in [-0.2, -0.15) is 0 Å². The van der Waals surface area contributed by atoms with Crippen LogP contribution in [-0.2, 0) is 16.9 Å². The van der Waals surface area contributed by atoms with E-state index in [1.54, 1.807) is 6.92 Å². The summed E-state index contributed by atoms with van der Waals surface area (Å²) in [6, 6.07) is 17.8. The summed E-state index contributed by atoms with van der Waals surface area (Å²) in [4.78, 5) is 6.71. The molecule has 1 aliphatic heterocycles. The Morgan fingerprint density at radius 3 is 2.38 bits per heavy atom. The van der Waals surface area contributed by atoms with Crippen molar-refractivity contribution in [2.75, 3.05) is 26.2 Å². The average molecular weight is 453 g/mol. The number of halogens is 1. The molecule has 0 fully saturated rings. The molecule has 1 aliphatic rings. The van der Waals surface area contributed by atoms with E-state index in [4.69, 9.17) is 21.1 Å². The molecule has 32 heavy (non-hydrogen) atoms. The largest absolute Gasteiger partial charge is 0.506 e. The van der Waals surface area contributed by atoms with Crippen LogP contribution in [0.2, 0.25) is 5.15 Å². The second-order valence-electron chi connectivity index (χ2n) is 7.93. The van der Waals surface area contributed by atoms with Crippen molar-refractivity contribution in [2.45, 2.75) is 33.0 Å². The second-order valence-corrected chi connectivity index (χ2v) is 8.28. The zero-order valence-corrected chi connectivity index (χ0v) is 19.5. The lowest BCUT2D eigenvalue weighted by Crippen LogP contribution is -2.29. The molecule has 2 aromatic carbocycles. The fourth-order valence-corrected chi connectivity index (χ4v) is 4.76. The number of hydrogen-bond acceptors (Lipinski definition) is 5. The van der Waals surface area contributed by atoms with Crippen molar-refractivity contribution in [1.29, 1.82) is 0 Å². The molecule has 0 bridgehead atoms. The standard InChI is InChI=1S/C26H29ClN2O3/c1-4-29(5-2)15-16-31-21-13-11-20(12-14-21)26(19-9-7-6-8-10-19)23-22(17-32-26)24(30)18(3)28-25(23)27/h6-14,30H,4-5,15-17H2,1-3H3. The van der Waals surface area contributed by atoms with Gasteiger partial charge in [0.1, 0.15) is 28.9 Å². The van der Waals surface area contributed by atoms with Gasteiger partial charge >= 0.3 is 0 Å². The van der Waals surface area contributed by atoms with E-state index in [0.29, 0.717) is 28.6 Å². The molecule has 0 spiro atoms. The van der Waals surface area contributed by atoms with Gasteiger partial charge in [-0.25, -0.2) is 4.98 Å². The molecule has 1 unspecified atom stereocenters. The Kier molecular flexibility index (Phi) is 6.70. The Labute approximate surface area is 194 Å². The Bertz CT molecular complexity index is 1070. The van der Waals surface area contributed by atoms with Crippen LogP contribution in [0.15, 0.2) is 54.6 Å². The lowest BCUT2D eigenvalue weighted by molar-refractivity contribution is 0.0263. The van der Waals surface area contributed by atoms with Gasteiger partial charge in [0.15, 0.2) is 0 Å². The molecule has 2 heterocycles. The fourth-order valence-electron chi connectivity index (χ4n) is 4.38. The predicted octanol–water partition coefficient (Wildman–Crippen LogP) is 5.29. The number of likely N-dealkylation sites (N-methyl/N-ethyl adjacent to an activating group) is 1. The first-order valence-electron chi connectivity index (χ1n) is 11.0. The van der Waals surface area contributed by atoms with Gasteiger partial charge in [0.25, 0.3) is 0 Å². The number of hydrogen-bond donors (Lipinski definition) is 1. The predicted molar refractivity (Wildman–Crippen MR) is 126 cm³/mol. The summed E-state index contributed by atoms with van der Waals surface area (Å²) in [5.41, 5.74) is 2.77. The lowest BCUT2D eigenvalue weighted by atomic mass is 9.80. The van der Waals surface area contributed by atoms with Gasteiger partial charge in [-0.15, -0.1) is 0 Å². The molecular weight excluding hydrogens is 424 g/mol. The van der Waals surface area contributed by atoms with Crippen molar-refractivity contribution in [2.24, 2.45) is 0 Å². The van der Waals surface area contributed by atoms with Crippen LogP contribution >= 0.6 is 11.6 Å². The van der Waals surface area contributed by atoms with Crippen LogP contribution in [0.1, 0.15) is 41.8 Å². The number of rotatable bonds is 8. The number of benzene rings is 2. The maximum absolute atomic E-state index is 10.7. The van der Waals surface area contributed by atoms with Crippen molar-refractivity contribution in [3.63, 3.8) is 0 Å². The van der Waals surface area contributed by atoms with Crippen molar-refractivity contribution in [3.8, 4) is 11.5 Å². The maximum atomic E-state index is 10.7. The summed E-state index contributed by atoms with van der Waals surface area (Å²) in [5.74, 6) is 0.942. The minimum atomic E-state index is -0.953. The Balaban J connectivity index is 1.72. The van der Waals surface area contributed by atoms with Gasteiger partial charge in [0.05, 0.1) is 12.3 Å². The number of ether oxygens (including phenoxy) is 2. The number of aromatic hydroxyl groups is 1. The van der Waals surface area contributed by atoms with Gasteiger partial charge in [0, 0.05) is 17.7 Å². The number of fused-ring (bicyclic) bond motifs is 1. The third-order valence-electron chi connectivity index (χ3n) is 6.20. The average Bonchev–Trinajstić information content (AvgIpc) is 3.24. The molecule has 0 saturated heterocycles. The van der Waals surface area contributed by atoms with Crippen LogP contribution in [0.25, 0.3) is 0 Å². The molecule has 0 saturated carbocycles. The highest BCUT2D eigenvalue weighted by Crippen LogP contribution is 2.51. The van der Waals surface area contributed by atoms with E-state index in [2.05, 4.69) is 23.7 Å². The van der Waals surface area contributed by atoms with E-state index in [1.807, 2.05) is 54.6 Å². The van der Waals surface area contributed by atoms with Gasteiger partial charge < -0.3 is 19.5 Å². The van der Waals surface area contributed by atoms with E-state index >= 15 is 0 Å². The molecule has 5 nitrogen and oxygen atoms in total. The number of pyridine rings is 1. The van der Waals surface area contributed by atoms with Crippen LogP contribution in [0, 0.1) is 6.92 Å². The molecule has 0 radical (unpaired) electrons. The zero-order chi connectivity index (χ0) is 22.7. The highest BCUT2D eigenvalue weighted by atomic mass is 35.5. The third-order valence-corrected chi connectivity index (χ3v) is 6.47. The molecular formula is C26H29ClN2O3. The first kappa shape index (κ1) is 22.6. The highest BCUT2D eigenvalue weighted by molar-refractivity contribution is 6.30. The molecule has 3 aromatic rings. The van der Waals surface area contributed by atoms with Crippen LogP contribution in [0.3, 0.4) is 0 Å². The van der Waals surface area contributed by atoms with E-state index in [9.17, 15) is 5.11 Å². The van der Waals surface area contributed by atoms with Crippen LogP contribution in [0.4, 0.5) is 0 Å². The minimum absolute atomic E-state index is 0.138. The molecule has 0 amide bonds. The quantitative estimate of drug-likeness (QED) is 0.470. The molecule has 0 aliphatic carbocycles. The summed E-state index contributed by atoms with van der Waals surface area (Å²) in [6.45, 7) is 9.84. The van der Waals surface area contributed by atoms with Crippen molar-refractivity contribution >= 4 is 11.6 Å². The summed E-state index contributed by atoms with van der Waals surface area (Å²) < 4.78 is 12.4. The minimum Gasteiger partial charge on any atom is -0.506 e. The van der Waals surface area contributed by atoms with E-state index in [0.717, 1.165) is 36.5 Å². The zero-order valence-electron chi connectivity index (χ0n) is 18.8. The normalized spacial score (nSPS) is 17.5. The van der Waals surface area contributed by atoms with Crippen LogP contribution < -0.4 is 4.74 Å². The number of aromatic nitrogens is 1. The topological polar surface area (TPSA) is 54.8 Å². The molecule has 1 aromatic heterocycles. The fraction of sp³-hybridized carbons (Fsp3) is 0.346. The first-order valence-corrected chi connectivity index (χ1v) is 11.4. The highest BCUT2D eigenvalue weighted by Gasteiger charge is 2.47. The lowest BCUT2D eigenvalue weighted by Gasteiger charge is -2.31. The van der Waals surface area contributed by atoms with E-state index in [-0.39, 0.29) is 12.4 Å². The third kappa shape index (κ3) is 3.96. The molecule has 4 rings (SSSR count). The summed E-state index contributed by atoms with van der Waals surface area (Å²) >= 11 is 6.66.